The highest BCUT2D eigenvalue weighted by Crippen LogP contribution is 2.23. The van der Waals surface area contributed by atoms with Crippen LogP contribution in [0.1, 0.15) is 23.9 Å². The van der Waals surface area contributed by atoms with E-state index in [0.29, 0.717) is 0 Å². The number of hydrogen-bond acceptors (Lipinski definition) is 3. The molecule has 0 aliphatic heterocycles. The van der Waals surface area contributed by atoms with Crippen molar-refractivity contribution >= 4 is 0 Å². The Kier molecular flexibility index (Phi) is 5.32. The minimum absolute atomic E-state index is 0.0569. The van der Waals surface area contributed by atoms with E-state index in [2.05, 4.69) is 27.0 Å². The van der Waals surface area contributed by atoms with Crippen molar-refractivity contribution in [3.05, 3.63) is 54.1 Å². The summed E-state index contributed by atoms with van der Waals surface area (Å²) in [6, 6.07) is 10.6. The molecule has 108 valence electrons. The summed E-state index contributed by atoms with van der Waals surface area (Å²) in [5, 5.41) is 3.37. The first-order valence-corrected chi connectivity index (χ1v) is 6.97. The zero-order chi connectivity index (χ0) is 14.4. The predicted octanol–water partition coefficient (Wildman–Crippen LogP) is 2.33. The molecule has 0 fully saturated rings. The van der Waals surface area contributed by atoms with Crippen molar-refractivity contribution in [1.29, 1.82) is 0 Å². The summed E-state index contributed by atoms with van der Waals surface area (Å²) in [7, 11) is 5.78. The lowest BCUT2D eigenvalue weighted by molar-refractivity contribution is 0.0674. The van der Waals surface area contributed by atoms with Gasteiger partial charge in [0.25, 0.3) is 0 Å². The van der Waals surface area contributed by atoms with E-state index >= 15 is 0 Å². The zero-order valence-electron chi connectivity index (χ0n) is 12.4. The van der Waals surface area contributed by atoms with Crippen LogP contribution in [0.15, 0.2) is 42.7 Å². The van der Waals surface area contributed by atoms with E-state index < -0.39 is 0 Å². The lowest BCUT2D eigenvalue weighted by Crippen LogP contribution is -2.34. The Morgan fingerprint density at radius 1 is 1.30 bits per heavy atom. The highest BCUT2D eigenvalue weighted by atomic mass is 16.5. The van der Waals surface area contributed by atoms with E-state index in [-0.39, 0.29) is 12.1 Å². The van der Waals surface area contributed by atoms with Crippen LogP contribution < -0.4 is 5.32 Å². The number of benzene rings is 1. The Bertz CT molecular complexity index is 509. The van der Waals surface area contributed by atoms with E-state index in [1.807, 2.05) is 44.7 Å². The first kappa shape index (κ1) is 14.8. The van der Waals surface area contributed by atoms with Crippen LogP contribution in [0.5, 0.6) is 0 Å². The molecule has 0 saturated carbocycles. The van der Waals surface area contributed by atoms with Crippen molar-refractivity contribution in [3.8, 4) is 0 Å². The van der Waals surface area contributed by atoms with Gasteiger partial charge in [0.05, 0.1) is 6.10 Å². The van der Waals surface area contributed by atoms with Crippen molar-refractivity contribution in [3.63, 3.8) is 0 Å². The molecule has 1 N–H and O–H groups in total. The zero-order valence-corrected chi connectivity index (χ0v) is 12.4. The molecular weight excluding hydrogens is 250 g/mol. The molecule has 1 aromatic carbocycles. The van der Waals surface area contributed by atoms with Crippen LogP contribution >= 0.6 is 0 Å². The first-order valence-electron chi connectivity index (χ1n) is 6.97. The topological polar surface area (TPSA) is 39.1 Å². The van der Waals surface area contributed by atoms with E-state index in [0.717, 1.165) is 18.7 Å². The fraction of sp³-hybridized carbons (Fsp3) is 0.438. The van der Waals surface area contributed by atoms with Crippen molar-refractivity contribution in [2.45, 2.75) is 25.0 Å². The molecule has 2 unspecified atom stereocenters. The number of likely N-dealkylation sites (N-methyl/N-ethyl adjacent to an activating group) is 1. The van der Waals surface area contributed by atoms with Crippen LogP contribution in [-0.4, -0.2) is 29.8 Å². The summed E-state index contributed by atoms with van der Waals surface area (Å²) in [5.74, 6) is 1.10. The van der Waals surface area contributed by atoms with Crippen molar-refractivity contribution in [1.82, 2.24) is 14.9 Å². The maximum Gasteiger partial charge on any atom is 0.108 e. The number of rotatable bonds is 7. The highest BCUT2D eigenvalue weighted by molar-refractivity contribution is 5.19. The maximum atomic E-state index is 5.70. The monoisotopic (exact) mass is 273 g/mol. The summed E-state index contributed by atoms with van der Waals surface area (Å²) in [6.07, 6.45) is 5.79. The Morgan fingerprint density at radius 3 is 2.60 bits per heavy atom. The summed E-state index contributed by atoms with van der Waals surface area (Å²) in [5.41, 5.74) is 1.20. The van der Waals surface area contributed by atoms with Crippen molar-refractivity contribution in [2.24, 2.45) is 7.05 Å². The summed E-state index contributed by atoms with van der Waals surface area (Å²) >= 11 is 0. The molecule has 4 heteroatoms. The van der Waals surface area contributed by atoms with Gasteiger partial charge in [0.2, 0.25) is 0 Å². The number of ether oxygens (including phenoxy) is 1. The fourth-order valence-electron chi connectivity index (χ4n) is 2.54. The third kappa shape index (κ3) is 3.46. The van der Waals surface area contributed by atoms with Gasteiger partial charge >= 0.3 is 0 Å². The quantitative estimate of drug-likeness (QED) is 0.841. The minimum Gasteiger partial charge on any atom is -0.375 e. The number of aromatic nitrogens is 2. The molecular formula is C16H23N3O. The third-order valence-electron chi connectivity index (χ3n) is 3.72. The standard InChI is InChI=1S/C16H23N3O/c1-17-14(9-10-15-18-11-12-19(15)2)16(20-3)13-7-5-4-6-8-13/h4-8,11-12,14,16-17H,9-10H2,1-3H3. The lowest BCUT2D eigenvalue weighted by atomic mass is 9.98. The number of imidazole rings is 1. The highest BCUT2D eigenvalue weighted by Gasteiger charge is 2.21. The normalized spacial score (nSPS) is 14.2. The van der Waals surface area contributed by atoms with E-state index in [1.54, 1.807) is 7.11 Å². The summed E-state index contributed by atoms with van der Waals surface area (Å²) < 4.78 is 7.77. The van der Waals surface area contributed by atoms with E-state index in [1.165, 1.54) is 5.56 Å². The van der Waals surface area contributed by atoms with Crippen LogP contribution in [0.2, 0.25) is 0 Å². The Balaban J connectivity index is 2.04. The molecule has 4 nitrogen and oxygen atoms in total. The smallest absolute Gasteiger partial charge is 0.108 e. The number of methoxy groups -OCH3 is 1. The molecule has 0 spiro atoms. The van der Waals surface area contributed by atoms with Crippen molar-refractivity contribution < 1.29 is 4.74 Å². The number of nitrogens with one attached hydrogen (secondary N) is 1. The Morgan fingerprint density at radius 2 is 2.05 bits per heavy atom. The second-order valence-corrected chi connectivity index (χ2v) is 4.96. The van der Waals surface area contributed by atoms with Gasteiger partial charge < -0.3 is 14.6 Å². The SMILES string of the molecule is CNC(CCc1nccn1C)C(OC)c1ccccc1. The second kappa shape index (κ2) is 7.22. The van der Waals surface area contributed by atoms with Gasteiger partial charge in [-0.25, -0.2) is 4.98 Å². The van der Waals surface area contributed by atoms with Gasteiger partial charge in [-0.05, 0) is 19.0 Å². The van der Waals surface area contributed by atoms with Crippen molar-refractivity contribution in [2.75, 3.05) is 14.2 Å². The molecule has 0 bridgehead atoms. The number of nitrogens with zero attached hydrogens (tertiary/aromatic N) is 2. The molecule has 0 aliphatic carbocycles. The van der Waals surface area contributed by atoms with Gasteiger partial charge in [-0.1, -0.05) is 30.3 Å². The molecule has 1 aromatic heterocycles. The van der Waals surface area contributed by atoms with Gasteiger partial charge in [-0.2, -0.15) is 0 Å². The van der Waals surface area contributed by atoms with E-state index in [9.17, 15) is 0 Å². The largest absolute Gasteiger partial charge is 0.375 e. The molecule has 0 aliphatic rings. The molecule has 0 radical (unpaired) electrons. The third-order valence-corrected chi connectivity index (χ3v) is 3.72. The molecule has 0 amide bonds. The molecule has 0 saturated heterocycles. The van der Waals surface area contributed by atoms with Crippen LogP contribution in [-0.2, 0) is 18.2 Å². The summed E-state index contributed by atoms with van der Waals surface area (Å²) in [6.45, 7) is 0. The van der Waals surface area contributed by atoms with Gasteiger partial charge in [-0.3, -0.25) is 0 Å². The van der Waals surface area contributed by atoms with Crippen LogP contribution in [0, 0.1) is 0 Å². The van der Waals surface area contributed by atoms with Gasteiger partial charge in [0, 0.05) is 39.0 Å². The molecule has 2 atom stereocenters. The minimum atomic E-state index is 0.0569. The van der Waals surface area contributed by atoms with Crippen LogP contribution in [0.4, 0.5) is 0 Å². The Hall–Kier alpha value is -1.65. The molecule has 2 rings (SSSR count). The fourth-order valence-corrected chi connectivity index (χ4v) is 2.54. The lowest BCUT2D eigenvalue weighted by Gasteiger charge is -2.26. The van der Waals surface area contributed by atoms with Gasteiger partial charge in [-0.15, -0.1) is 0 Å². The maximum absolute atomic E-state index is 5.70. The predicted molar refractivity (Wildman–Crippen MR) is 80.6 cm³/mol. The van der Waals surface area contributed by atoms with Gasteiger partial charge in [0.15, 0.2) is 0 Å². The van der Waals surface area contributed by atoms with Crippen LogP contribution in [0.3, 0.4) is 0 Å². The summed E-state index contributed by atoms with van der Waals surface area (Å²) in [4.78, 5) is 4.37. The molecule has 20 heavy (non-hydrogen) atoms. The van der Waals surface area contributed by atoms with Gasteiger partial charge in [0.1, 0.15) is 5.82 Å². The number of hydrogen-bond donors (Lipinski definition) is 1. The Labute approximate surface area is 120 Å². The molecule has 1 heterocycles. The number of aryl methyl sites for hydroxylation is 2. The van der Waals surface area contributed by atoms with Crippen LogP contribution in [0.25, 0.3) is 0 Å². The second-order valence-electron chi connectivity index (χ2n) is 4.96. The average Bonchev–Trinajstić information content (AvgIpc) is 2.90. The van der Waals surface area contributed by atoms with E-state index in [4.69, 9.17) is 4.74 Å². The average molecular weight is 273 g/mol. The molecule has 2 aromatic rings. The first-order chi connectivity index (χ1) is 9.76.